The van der Waals surface area contributed by atoms with Crippen molar-refractivity contribution in [3.8, 4) is 11.1 Å². The highest BCUT2D eigenvalue weighted by atomic mass is 16.5. The second kappa shape index (κ2) is 11.3. The van der Waals surface area contributed by atoms with E-state index in [-0.39, 0.29) is 24.5 Å². The summed E-state index contributed by atoms with van der Waals surface area (Å²) in [6.45, 7) is 0.807. The molecule has 33 heavy (non-hydrogen) atoms. The maximum atomic E-state index is 12.9. The predicted molar refractivity (Wildman–Crippen MR) is 130 cm³/mol. The van der Waals surface area contributed by atoms with E-state index in [0.29, 0.717) is 13.0 Å². The first-order chi connectivity index (χ1) is 16.2. The van der Waals surface area contributed by atoms with Crippen LogP contribution >= 0.6 is 0 Å². The topological polar surface area (TPSA) is 93.4 Å². The highest BCUT2D eigenvalue weighted by Gasteiger charge is 2.30. The molecule has 0 heterocycles. The number of fused-ring (bicyclic) bond motifs is 3. The lowest BCUT2D eigenvalue weighted by Crippen LogP contribution is -2.50. The van der Waals surface area contributed by atoms with Gasteiger partial charge in [-0.25, -0.2) is 4.79 Å². The molecule has 0 aliphatic heterocycles. The summed E-state index contributed by atoms with van der Waals surface area (Å²) in [5, 5.41) is 5.96. The van der Waals surface area contributed by atoms with Crippen molar-refractivity contribution >= 4 is 12.0 Å². The van der Waals surface area contributed by atoms with Crippen molar-refractivity contribution in [1.29, 1.82) is 0 Å². The largest absolute Gasteiger partial charge is 0.449 e. The van der Waals surface area contributed by atoms with Crippen LogP contribution in [0, 0.1) is 0 Å². The van der Waals surface area contributed by atoms with Crippen molar-refractivity contribution in [3.63, 3.8) is 0 Å². The van der Waals surface area contributed by atoms with E-state index in [1.54, 1.807) is 0 Å². The zero-order valence-corrected chi connectivity index (χ0v) is 19.2. The monoisotopic (exact) mass is 449 g/mol. The van der Waals surface area contributed by atoms with Gasteiger partial charge >= 0.3 is 6.09 Å². The van der Waals surface area contributed by atoms with Crippen molar-refractivity contribution in [3.05, 3.63) is 59.7 Å². The number of rotatable bonds is 9. The minimum Gasteiger partial charge on any atom is -0.449 e. The highest BCUT2D eigenvalue weighted by molar-refractivity contribution is 5.86. The van der Waals surface area contributed by atoms with Gasteiger partial charge in [0.1, 0.15) is 12.6 Å². The maximum Gasteiger partial charge on any atom is 0.407 e. The van der Waals surface area contributed by atoms with E-state index in [1.165, 1.54) is 28.7 Å². The molecule has 0 bridgehead atoms. The van der Waals surface area contributed by atoms with Crippen molar-refractivity contribution in [2.45, 2.75) is 69.4 Å². The molecule has 1 atom stereocenters. The molecule has 0 spiro atoms. The van der Waals surface area contributed by atoms with Gasteiger partial charge in [-0.1, -0.05) is 67.8 Å². The van der Waals surface area contributed by atoms with Crippen LogP contribution in [-0.2, 0) is 9.53 Å². The number of ether oxygens (including phenoxy) is 1. The van der Waals surface area contributed by atoms with Crippen LogP contribution in [0.5, 0.6) is 0 Å². The van der Waals surface area contributed by atoms with Gasteiger partial charge in [-0.05, 0) is 60.9 Å². The zero-order chi connectivity index (χ0) is 23.0. The fourth-order valence-electron chi connectivity index (χ4n) is 5.09. The number of hydrogen-bond donors (Lipinski definition) is 3. The van der Waals surface area contributed by atoms with Crippen molar-refractivity contribution in [2.75, 3.05) is 13.2 Å². The summed E-state index contributed by atoms with van der Waals surface area (Å²) < 4.78 is 5.66. The van der Waals surface area contributed by atoms with Crippen LogP contribution in [0.1, 0.15) is 68.4 Å². The number of amides is 2. The molecule has 0 aromatic heterocycles. The van der Waals surface area contributed by atoms with E-state index in [9.17, 15) is 9.59 Å². The van der Waals surface area contributed by atoms with Gasteiger partial charge in [-0.2, -0.15) is 0 Å². The molecule has 4 N–H and O–H groups in total. The Bertz CT molecular complexity index is 910. The molecule has 0 unspecified atom stereocenters. The van der Waals surface area contributed by atoms with E-state index in [4.69, 9.17) is 10.5 Å². The van der Waals surface area contributed by atoms with Gasteiger partial charge in [0.15, 0.2) is 0 Å². The summed E-state index contributed by atoms with van der Waals surface area (Å²) in [5.41, 5.74) is 10.3. The summed E-state index contributed by atoms with van der Waals surface area (Å²) in [4.78, 5) is 25.6. The Morgan fingerprint density at radius 1 is 0.939 bits per heavy atom. The lowest BCUT2D eigenvalue weighted by Gasteiger charge is -2.26. The maximum absolute atomic E-state index is 12.9. The number of alkyl carbamates (subject to hydrolysis) is 1. The van der Waals surface area contributed by atoms with Gasteiger partial charge in [0.05, 0.1) is 0 Å². The Balaban J connectivity index is 1.37. The number of benzene rings is 2. The smallest absolute Gasteiger partial charge is 0.407 e. The lowest BCUT2D eigenvalue weighted by atomic mass is 9.95. The second-order valence-electron chi connectivity index (χ2n) is 9.15. The normalized spacial score (nSPS) is 16.5. The van der Waals surface area contributed by atoms with Crippen LogP contribution < -0.4 is 16.4 Å². The average molecular weight is 450 g/mol. The number of nitrogens with two attached hydrogens (primary N) is 1. The van der Waals surface area contributed by atoms with Crippen LogP contribution in [0.25, 0.3) is 11.1 Å². The van der Waals surface area contributed by atoms with Gasteiger partial charge in [-0.3, -0.25) is 4.79 Å². The molecule has 2 amide bonds. The number of unbranched alkanes of at least 4 members (excludes halogenated alkanes) is 1. The van der Waals surface area contributed by atoms with Crippen LogP contribution in [0.3, 0.4) is 0 Å². The van der Waals surface area contributed by atoms with Crippen molar-refractivity contribution < 1.29 is 14.3 Å². The third kappa shape index (κ3) is 5.74. The van der Waals surface area contributed by atoms with E-state index < -0.39 is 12.1 Å². The third-order valence-electron chi connectivity index (χ3n) is 6.85. The molecule has 6 heteroatoms. The molecule has 1 fully saturated rings. The summed E-state index contributed by atoms with van der Waals surface area (Å²) in [7, 11) is 0. The first-order valence-corrected chi connectivity index (χ1v) is 12.3. The van der Waals surface area contributed by atoms with Crippen molar-refractivity contribution in [1.82, 2.24) is 10.6 Å². The van der Waals surface area contributed by atoms with Crippen LogP contribution in [-0.4, -0.2) is 37.2 Å². The Hall–Kier alpha value is -2.86. The summed E-state index contributed by atoms with van der Waals surface area (Å²) in [6, 6.07) is 16.1. The van der Waals surface area contributed by atoms with Gasteiger partial charge in [0.2, 0.25) is 5.91 Å². The van der Waals surface area contributed by atoms with E-state index in [1.807, 2.05) is 24.3 Å². The molecule has 1 saturated carbocycles. The molecule has 0 radical (unpaired) electrons. The van der Waals surface area contributed by atoms with E-state index in [0.717, 1.165) is 38.5 Å². The van der Waals surface area contributed by atoms with Crippen LogP contribution in [0.2, 0.25) is 0 Å². The van der Waals surface area contributed by atoms with E-state index in [2.05, 4.69) is 34.9 Å². The molecule has 2 aromatic carbocycles. The summed E-state index contributed by atoms with van der Waals surface area (Å²) in [6.07, 6.45) is 7.13. The molecule has 4 rings (SSSR count). The number of hydrogen-bond acceptors (Lipinski definition) is 4. The molecule has 2 aliphatic carbocycles. The summed E-state index contributed by atoms with van der Waals surface area (Å²) >= 11 is 0. The minimum atomic E-state index is -0.603. The third-order valence-corrected chi connectivity index (χ3v) is 6.85. The van der Waals surface area contributed by atoms with Crippen molar-refractivity contribution in [2.24, 2.45) is 5.73 Å². The Labute approximate surface area is 196 Å². The molecular formula is C27H35N3O3. The Morgan fingerprint density at radius 2 is 1.58 bits per heavy atom. The predicted octanol–water partition coefficient (Wildman–Crippen LogP) is 4.47. The van der Waals surface area contributed by atoms with Gasteiger partial charge in [0, 0.05) is 12.0 Å². The Morgan fingerprint density at radius 3 is 2.21 bits per heavy atom. The SMILES string of the molecule is NCCCC[C@H](NC(=O)OCC1c2ccccc2-c2ccccc21)C(=O)NC1CCCCC1. The molecule has 0 saturated heterocycles. The number of carbonyl (C=O) groups is 2. The molecule has 2 aliphatic rings. The molecule has 2 aromatic rings. The minimum absolute atomic E-state index is 0.00472. The van der Waals surface area contributed by atoms with Gasteiger partial charge < -0.3 is 21.1 Å². The fourth-order valence-corrected chi connectivity index (χ4v) is 5.09. The fraction of sp³-hybridized carbons (Fsp3) is 0.481. The quantitative estimate of drug-likeness (QED) is 0.492. The first-order valence-electron chi connectivity index (χ1n) is 12.3. The standard InChI is InChI=1S/C27H35N3O3/c28-17-9-8-16-25(26(31)29-19-10-2-1-3-11-19)30-27(32)33-18-24-22-14-6-4-12-20(22)21-13-5-7-15-23(21)24/h4-7,12-15,19,24-25H,1-3,8-11,16-18,28H2,(H,29,31)(H,30,32)/t25-/m0/s1. The molecule has 6 nitrogen and oxygen atoms in total. The number of nitrogens with one attached hydrogen (secondary N) is 2. The van der Waals surface area contributed by atoms with Gasteiger partial charge in [0.25, 0.3) is 0 Å². The Kier molecular flexibility index (Phi) is 8.00. The zero-order valence-electron chi connectivity index (χ0n) is 19.2. The highest BCUT2D eigenvalue weighted by Crippen LogP contribution is 2.44. The van der Waals surface area contributed by atoms with E-state index >= 15 is 0 Å². The second-order valence-corrected chi connectivity index (χ2v) is 9.15. The average Bonchev–Trinajstić information content (AvgIpc) is 3.16. The van der Waals surface area contributed by atoms with Crippen LogP contribution in [0.4, 0.5) is 4.79 Å². The molecular weight excluding hydrogens is 414 g/mol. The van der Waals surface area contributed by atoms with Crippen LogP contribution in [0.15, 0.2) is 48.5 Å². The number of carbonyl (C=O) groups excluding carboxylic acids is 2. The summed E-state index contributed by atoms with van der Waals surface area (Å²) in [5.74, 6) is -0.123. The lowest BCUT2D eigenvalue weighted by molar-refractivity contribution is -0.124. The molecule has 176 valence electrons. The van der Waals surface area contributed by atoms with Gasteiger partial charge in [-0.15, -0.1) is 0 Å². The first kappa shape index (κ1) is 23.3.